The van der Waals surface area contributed by atoms with Crippen molar-refractivity contribution in [2.75, 3.05) is 0 Å². The molecule has 0 bridgehead atoms. The summed E-state index contributed by atoms with van der Waals surface area (Å²) in [6.07, 6.45) is 1.77. The van der Waals surface area contributed by atoms with Crippen LogP contribution in [0.2, 0.25) is 0 Å². The van der Waals surface area contributed by atoms with E-state index in [0.29, 0.717) is 17.0 Å². The van der Waals surface area contributed by atoms with E-state index in [0.717, 1.165) is 10.9 Å². The van der Waals surface area contributed by atoms with Crippen molar-refractivity contribution in [3.8, 4) is 5.95 Å². The highest BCUT2D eigenvalue weighted by Crippen LogP contribution is 2.19. The number of imidazole rings is 1. The lowest BCUT2D eigenvalue weighted by atomic mass is 10.2. The molecule has 0 atom stereocenters. The van der Waals surface area contributed by atoms with Crippen molar-refractivity contribution in [2.24, 2.45) is 0 Å². The van der Waals surface area contributed by atoms with E-state index in [1.54, 1.807) is 23.0 Å². The summed E-state index contributed by atoms with van der Waals surface area (Å²) in [6, 6.07) is 12.6. The molecule has 4 rings (SSSR count). The number of benzene rings is 2. The molecule has 0 fully saturated rings. The zero-order valence-corrected chi connectivity index (χ0v) is 10.8. The first-order valence-electron chi connectivity index (χ1n) is 6.38. The van der Waals surface area contributed by atoms with Gasteiger partial charge in [-0.3, -0.25) is 0 Å². The van der Waals surface area contributed by atoms with E-state index in [4.69, 9.17) is 5.11 Å². The van der Waals surface area contributed by atoms with Crippen molar-refractivity contribution < 1.29 is 9.90 Å². The van der Waals surface area contributed by atoms with E-state index < -0.39 is 5.97 Å². The average molecular weight is 278 g/mol. The molecule has 2 N–H and O–H groups in total. The molecule has 6 nitrogen and oxygen atoms in total. The molecule has 0 unspecified atom stereocenters. The summed E-state index contributed by atoms with van der Waals surface area (Å²) in [4.78, 5) is 18.6. The molecule has 21 heavy (non-hydrogen) atoms. The number of carbonyl (C=O) groups is 1. The molecular formula is C15H10N4O2. The topological polar surface area (TPSA) is 83.8 Å². The van der Waals surface area contributed by atoms with Gasteiger partial charge < -0.3 is 10.1 Å². The van der Waals surface area contributed by atoms with Gasteiger partial charge in [-0.1, -0.05) is 18.2 Å². The summed E-state index contributed by atoms with van der Waals surface area (Å²) in [5, 5.41) is 14.4. The predicted octanol–water partition coefficient (Wildman–Crippen LogP) is 2.60. The summed E-state index contributed by atoms with van der Waals surface area (Å²) >= 11 is 0. The fraction of sp³-hybridized carbons (Fsp3) is 0. The smallest absolute Gasteiger partial charge is 0.335 e. The third-order valence-corrected chi connectivity index (χ3v) is 3.39. The van der Waals surface area contributed by atoms with Gasteiger partial charge in [0, 0.05) is 5.39 Å². The van der Waals surface area contributed by atoms with Gasteiger partial charge in [0.15, 0.2) is 0 Å². The van der Waals surface area contributed by atoms with Gasteiger partial charge in [-0.05, 0) is 24.3 Å². The molecule has 6 heteroatoms. The van der Waals surface area contributed by atoms with Gasteiger partial charge >= 0.3 is 5.97 Å². The second-order valence-corrected chi connectivity index (χ2v) is 4.71. The number of nitrogens with one attached hydrogen (secondary N) is 1. The Morgan fingerprint density at radius 1 is 1.19 bits per heavy atom. The number of para-hydroxylation sites is 1. The number of aromatic carboxylic acids is 1. The van der Waals surface area contributed by atoms with Crippen molar-refractivity contribution in [1.82, 2.24) is 19.7 Å². The Kier molecular flexibility index (Phi) is 2.32. The molecule has 0 spiro atoms. The van der Waals surface area contributed by atoms with E-state index in [1.807, 2.05) is 24.3 Å². The van der Waals surface area contributed by atoms with Crippen molar-refractivity contribution in [2.45, 2.75) is 0 Å². The molecule has 0 aliphatic rings. The predicted molar refractivity (Wildman–Crippen MR) is 77.7 cm³/mol. The lowest BCUT2D eigenvalue weighted by Gasteiger charge is -1.97. The maximum Gasteiger partial charge on any atom is 0.335 e. The van der Waals surface area contributed by atoms with E-state index in [9.17, 15) is 4.79 Å². The highest BCUT2D eigenvalue weighted by Gasteiger charge is 2.11. The van der Waals surface area contributed by atoms with Crippen LogP contribution < -0.4 is 0 Å². The first-order valence-corrected chi connectivity index (χ1v) is 6.38. The first-order chi connectivity index (χ1) is 10.2. The molecule has 2 aromatic carbocycles. The molecule has 4 aromatic rings. The van der Waals surface area contributed by atoms with Crippen LogP contribution in [0.5, 0.6) is 0 Å². The molecule has 2 heterocycles. The average Bonchev–Trinajstić information content (AvgIpc) is 3.09. The highest BCUT2D eigenvalue weighted by molar-refractivity contribution is 5.92. The van der Waals surface area contributed by atoms with Crippen LogP contribution in [0.4, 0.5) is 0 Å². The largest absolute Gasteiger partial charge is 0.478 e. The number of rotatable bonds is 2. The second-order valence-electron chi connectivity index (χ2n) is 4.71. The minimum absolute atomic E-state index is 0.225. The van der Waals surface area contributed by atoms with Crippen molar-refractivity contribution in [1.29, 1.82) is 0 Å². The highest BCUT2D eigenvalue weighted by atomic mass is 16.4. The number of carboxylic acid groups (broad SMARTS) is 1. The van der Waals surface area contributed by atoms with Gasteiger partial charge in [-0.2, -0.15) is 9.78 Å². The van der Waals surface area contributed by atoms with E-state index in [-0.39, 0.29) is 5.56 Å². The molecule has 0 aliphatic heterocycles. The summed E-state index contributed by atoms with van der Waals surface area (Å²) in [7, 11) is 0. The van der Waals surface area contributed by atoms with Crippen molar-refractivity contribution >= 4 is 27.9 Å². The molecule has 0 aliphatic carbocycles. The number of carboxylic acids is 1. The standard InChI is InChI=1S/C15H10N4O2/c20-14(21)9-5-6-11-12(7-9)18-15(17-11)19-13-4-2-1-3-10(13)8-16-19/h1-8H,(H,17,18)(H,20,21). The number of aromatic nitrogens is 4. The van der Waals surface area contributed by atoms with E-state index in [1.165, 1.54) is 6.07 Å². The van der Waals surface area contributed by atoms with Crippen molar-refractivity contribution in [3.05, 3.63) is 54.2 Å². The lowest BCUT2D eigenvalue weighted by molar-refractivity contribution is 0.0697. The molecule has 0 amide bonds. The van der Waals surface area contributed by atoms with Crippen LogP contribution in [0.3, 0.4) is 0 Å². The van der Waals surface area contributed by atoms with Crippen molar-refractivity contribution in [3.63, 3.8) is 0 Å². The molecule has 0 radical (unpaired) electrons. The van der Waals surface area contributed by atoms with Gasteiger partial charge in [0.1, 0.15) is 0 Å². The SMILES string of the molecule is O=C(O)c1ccc2nc(-n3ncc4ccccc43)[nH]c2c1. The number of hydrogen-bond acceptors (Lipinski definition) is 3. The van der Waals surface area contributed by atoms with Crippen LogP contribution in [-0.4, -0.2) is 30.8 Å². The second kappa shape index (κ2) is 4.17. The van der Waals surface area contributed by atoms with Crippen LogP contribution in [0.25, 0.3) is 27.9 Å². The minimum atomic E-state index is -0.961. The Hall–Kier alpha value is -3.15. The Labute approximate surface area is 118 Å². The Balaban J connectivity index is 1.92. The summed E-state index contributed by atoms with van der Waals surface area (Å²) < 4.78 is 1.70. The lowest BCUT2D eigenvalue weighted by Crippen LogP contribution is -1.97. The van der Waals surface area contributed by atoms with Crippen LogP contribution >= 0.6 is 0 Å². The van der Waals surface area contributed by atoms with Crippen LogP contribution in [0, 0.1) is 0 Å². The molecule has 0 saturated carbocycles. The van der Waals surface area contributed by atoms with Gasteiger partial charge in [0.25, 0.3) is 0 Å². The van der Waals surface area contributed by atoms with E-state index in [2.05, 4.69) is 15.1 Å². The fourth-order valence-electron chi connectivity index (χ4n) is 2.37. The van der Waals surface area contributed by atoms with Crippen LogP contribution in [-0.2, 0) is 0 Å². The molecular weight excluding hydrogens is 268 g/mol. The maximum atomic E-state index is 11.0. The fourth-order valence-corrected chi connectivity index (χ4v) is 2.37. The number of hydrogen-bond donors (Lipinski definition) is 2. The van der Waals surface area contributed by atoms with Crippen LogP contribution in [0.15, 0.2) is 48.7 Å². The summed E-state index contributed by atoms with van der Waals surface area (Å²) in [5.41, 5.74) is 2.54. The monoisotopic (exact) mass is 278 g/mol. The van der Waals surface area contributed by atoms with Gasteiger partial charge in [-0.25, -0.2) is 9.78 Å². The Bertz CT molecular complexity index is 984. The number of nitrogens with zero attached hydrogens (tertiary/aromatic N) is 3. The third kappa shape index (κ3) is 1.77. The first kappa shape index (κ1) is 11.7. The Morgan fingerprint density at radius 3 is 2.90 bits per heavy atom. The normalized spacial score (nSPS) is 11.2. The quantitative estimate of drug-likeness (QED) is 0.590. The van der Waals surface area contributed by atoms with Gasteiger partial charge in [0.05, 0.1) is 28.3 Å². The zero-order valence-electron chi connectivity index (χ0n) is 10.8. The summed E-state index contributed by atoms with van der Waals surface area (Å²) in [5.74, 6) is -0.397. The van der Waals surface area contributed by atoms with Gasteiger partial charge in [0.2, 0.25) is 5.95 Å². The number of fused-ring (bicyclic) bond motifs is 2. The molecule has 0 saturated heterocycles. The maximum absolute atomic E-state index is 11.0. The Morgan fingerprint density at radius 2 is 2.05 bits per heavy atom. The molecule has 102 valence electrons. The van der Waals surface area contributed by atoms with Crippen LogP contribution in [0.1, 0.15) is 10.4 Å². The number of H-pyrrole nitrogens is 1. The zero-order chi connectivity index (χ0) is 14.4. The molecule has 2 aromatic heterocycles. The van der Waals surface area contributed by atoms with E-state index >= 15 is 0 Å². The summed E-state index contributed by atoms with van der Waals surface area (Å²) in [6.45, 7) is 0. The third-order valence-electron chi connectivity index (χ3n) is 3.39. The minimum Gasteiger partial charge on any atom is -0.478 e. The number of aromatic amines is 1. The van der Waals surface area contributed by atoms with Gasteiger partial charge in [-0.15, -0.1) is 0 Å².